The highest BCUT2D eigenvalue weighted by Crippen LogP contribution is 2.27. The van der Waals surface area contributed by atoms with Gasteiger partial charge in [0.2, 0.25) is 5.88 Å². The Kier molecular flexibility index (Phi) is 6.31. The van der Waals surface area contributed by atoms with Crippen LogP contribution in [-0.4, -0.2) is 48.8 Å². The lowest BCUT2D eigenvalue weighted by atomic mass is 10.2. The minimum Gasteiger partial charge on any atom is -0.497 e. The van der Waals surface area contributed by atoms with Crippen molar-refractivity contribution in [3.63, 3.8) is 0 Å². The van der Waals surface area contributed by atoms with Gasteiger partial charge in [-0.05, 0) is 12.2 Å². The van der Waals surface area contributed by atoms with Crippen LogP contribution in [-0.2, 0) is 11.3 Å². The first kappa shape index (κ1) is 18.7. The number of aliphatic imine (C=N–C) groups is 1. The topological polar surface area (TPSA) is 98.1 Å². The predicted octanol–water partition coefficient (Wildman–Crippen LogP) is 2.03. The van der Waals surface area contributed by atoms with Crippen molar-refractivity contribution in [2.24, 2.45) is 4.99 Å². The normalized spacial score (nSPS) is 11.0. The third-order valence-corrected chi connectivity index (χ3v) is 3.73. The molecule has 1 heterocycles. The van der Waals surface area contributed by atoms with Gasteiger partial charge < -0.3 is 19.3 Å². The highest BCUT2D eigenvalue weighted by molar-refractivity contribution is 7.71. The number of methoxy groups -OCH3 is 3. The standard InChI is InChI=1S/C16H19N3O5S/c1-22-5-4-19-15(21)13(14(20)18-16(19)25)9-17-10-6-11(23-2)8-12(7-10)24-3/h6-9,21H,4-5H2,1-3H3,(H,18,20,25). The first-order valence-corrected chi connectivity index (χ1v) is 7.73. The Morgan fingerprint density at radius 1 is 1.24 bits per heavy atom. The van der Waals surface area contributed by atoms with E-state index in [0.717, 1.165) is 0 Å². The van der Waals surface area contributed by atoms with Crippen LogP contribution < -0.4 is 15.0 Å². The zero-order valence-electron chi connectivity index (χ0n) is 14.1. The largest absolute Gasteiger partial charge is 0.497 e. The number of nitrogens with one attached hydrogen (secondary N) is 1. The van der Waals surface area contributed by atoms with Crippen molar-refractivity contribution in [1.82, 2.24) is 9.55 Å². The average molecular weight is 365 g/mol. The molecule has 0 atom stereocenters. The first-order chi connectivity index (χ1) is 12.0. The quantitative estimate of drug-likeness (QED) is 0.575. The van der Waals surface area contributed by atoms with Crippen LogP contribution in [0.2, 0.25) is 0 Å². The number of ether oxygens (including phenoxy) is 3. The maximum atomic E-state index is 12.1. The summed E-state index contributed by atoms with van der Waals surface area (Å²) in [6.45, 7) is 0.628. The Balaban J connectivity index is 2.44. The molecule has 9 heteroatoms. The second-order valence-electron chi connectivity index (χ2n) is 4.97. The number of rotatable bonds is 7. The van der Waals surface area contributed by atoms with E-state index < -0.39 is 5.56 Å². The first-order valence-electron chi connectivity index (χ1n) is 7.32. The molecule has 0 radical (unpaired) electrons. The summed E-state index contributed by atoms with van der Waals surface area (Å²) >= 11 is 5.06. The molecule has 0 aliphatic heterocycles. The monoisotopic (exact) mass is 365 g/mol. The number of aromatic amines is 1. The highest BCUT2D eigenvalue weighted by Gasteiger charge is 2.11. The second-order valence-corrected chi connectivity index (χ2v) is 5.36. The molecule has 2 aromatic rings. The van der Waals surface area contributed by atoms with Crippen LogP contribution in [0.4, 0.5) is 5.69 Å². The zero-order valence-corrected chi connectivity index (χ0v) is 14.9. The summed E-state index contributed by atoms with van der Waals surface area (Å²) in [6.07, 6.45) is 1.26. The molecule has 1 aromatic carbocycles. The summed E-state index contributed by atoms with van der Waals surface area (Å²) in [7, 11) is 4.59. The Hall–Kier alpha value is -2.65. The molecule has 134 valence electrons. The fraction of sp³-hybridized carbons (Fsp3) is 0.312. The molecule has 0 unspecified atom stereocenters. The molecule has 0 bridgehead atoms. The lowest BCUT2D eigenvalue weighted by Crippen LogP contribution is -2.20. The Morgan fingerprint density at radius 2 is 1.88 bits per heavy atom. The molecule has 2 N–H and O–H groups in total. The van der Waals surface area contributed by atoms with Crippen LogP contribution in [0.25, 0.3) is 0 Å². The van der Waals surface area contributed by atoms with E-state index in [1.807, 2.05) is 0 Å². The van der Waals surface area contributed by atoms with Crippen molar-refractivity contribution in [1.29, 1.82) is 0 Å². The van der Waals surface area contributed by atoms with Gasteiger partial charge in [0.1, 0.15) is 17.1 Å². The van der Waals surface area contributed by atoms with E-state index in [-0.39, 0.29) is 16.2 Å². The van der Waals surface area contributed by atoms with Crippen molar-refractivity contribution < 1.29 is 19.3 Å². The SMILES string of the molecule is COCCn1c(O)c(C=Nc2cc(OC)cc(OC)c2)c(=O)[nH]c1=S. The molecule has 0 fully saturated rings. The molecule has 0 spiro atoms. The summed E-state index contributed by atoms with van der Waals surface area (Å²) in [4.78, 5) is 18.8. The lowest BCUT2D eigenvalue weighted by Gasteiger charge is -2.10. The zero-order chi connectivity index (χ0) is 18.4. The molecule has 8 nitrogen and oxygen atoms in total. The molecule has 0 saturated heterocycles. The molecular weight excluding hydrogens is 346 g/mol. The van der Waals surface area contributed by atoms with Gasteiger partial charge >= 0.3 is 0 Å². The lowest BCUT2D eigenvalue weighted by molar-refractivity contribution is 0.182. The van der Waals surface area contributed by atoms with Gasteiger partial charge in [0.15, 0.2) is 4.77 Å². The van der Waals surface area contributed by atoms with E-state index in [1.165, 1.54) is 32.1 Å². The molecule has 25 heavy (non-hydrogen) atoms. The molecule has 2 rings (SSSR count). The fourth-order valence-corrected chi connectivity index (χ4v) is 2.36. The van der Waals surface area contributed by atoms with Crippen molar-refractivity contribution in [2.45, 2.75) is 6.54 Å². The minimum absolute atomic E-state index is 0.00788. The van der Waals surface area contributed by atoms with Crippen LogP contribution in [0, 0.1) is 4.77 Å². The van der Waals surface area contributed by atoms with Crippen LogP contribution in [0.1, 0.15) is 5.56 Å². The number of benzene rings is 1. The Bertz CT molecular complexity index is 866. The van der Waals surface area contributed by atoms with E-state index in [2.05, 4.69) is 9.98 Å². The van der Waals surface area contributed by atoms with Gasteiger partial charge in [0, 0.05) is 31.5 Å². The third kappa shape index (κ3) is 4.46. The van der Waals surface area contributed by atoms with E-state index in [0.29, 0.717) is 30.3 Å². The summed E-state index contributed by atoms with van der Waals surface area (Å²) in [5.41, 5.74) is -0.0397. The predicted molar refractivity (Wildman–Crippen MR) is 96.2 cm³/mol. The minimum atomic E-state index is -0.533. The van der Waals surface area contributed by atoms with E-state index in [9.17, 15) is 9.90 Å². The van der Waals surface area contributed by atoms with Gasteiger partial charge in [0.05, 0.1) is 33.1 Å². The number of hydrogen-bond donors (Lipinski definition) is 2. The molecule has 0 aliphatic rings. The third-order valence-electron chi connectivity index (χ3n) is 3.40. The summed E-state index contributed by atoms with van der Waals surface area (Å²) in [6, 6.07) is 5.05. The van der Waals surface area contributed by atoms with E-state index in [4.69, 9.17) is 26.4 Å². The van der Waals surface area contributed by atoms with E-state index in [1.54, 1.807) is 18.2 Å². The van der Waals surface area contributed by atoms with Crippen LogP contribution >= 0.6 is 12.2 Å². The van der Waals surface area contributed by atoms with Crippen LogP contribution in [0.5, 0.6) is 17.4 Å². The molecule has 0 aliphatic carbocycles. The number of hydrogen-bond acceptors (Lipinski definition) is 7. The van der Waals surface area contributed by atoms with Gasteiger partial charge in [-0.15, -0.1) is 0 Å². The number of H-pyrrole nitrogens is 1. The fourth-order valence-electron chi connectivity index (χ4n) is 2.09. The number of nitrogens with zero attached hydrogens (tertiary/aromatic N) is 2. The maximum Gasteiger partial charge on any atom is 0.264 e. The van der Waals surface area contributed by atoms with Gasteiger partial charge in [-0.3, -0.25) is 19.3 Å². The summed E-state index contributed by atoms with van der Waals surface area (Å²) in [5.74, 6) is 0.839. The van der Waals surface area contributed by atoms with Crippen molar-refractivity contribution in [2.75, 3.05) is 27.9 Å². The number of aromatic hydroxyl groups is 1. The summed E-state index contributed by atoms with van der Waals surface area (Å²) < 4.78 is 16.8. The van der Waals surface area contributed by atoms with E-state index >= 15 is 0 Å². The number of aromatic nitrogens is 2. The van der Waals surface area contributed by atoms with Crippen LogP contribution in [0.3, 0.4) is 0 Å². The highest BCUT2D eigenvalue weighted by atomic mass is 32.1. The average Bonchev–Trinajstić information content (AvgIpc) is 2.60. The maximum absolute atomic E-state index is 12.1. The van der Waals surface area contributed by atoms with Crippen molar-refractivity contribution in [3.8, 4) is 17.4 Å². The van der Waals surface area contributed by atoms with Crippen LogP contribution in [0.15, 0.2) is 28.0 Å². The Morgan fingerprint density at radius 3 is 2.44 bits per heavy atom. The molecule has 1 aromatic heterocycles. The smallest absolute Gasteiger partial charge is 0.264 e. The molecular formula is C16H19N3O5S. The van der Waals surface area contributed by atoms with Gasteiger partial charge in [0.25, 0.3) is 5.56 Å². The van der Waals surface area contributed by atoms with Gasteiger partial charge in [-0.2, -0.15) is 0 Å². The summed E-state index contributed by atoms with van der Waals surface area (Å²) in [5, 5.41) is 10.3. The second kappa shape index (κ2) is 8.45. The van der Waals surface area contributed by atoms with Crippen molar-refractivity contribution in [3.05, 3.63) is 38.9 Å². The Labute approximate surface area is 149 Å². The van der Waals surface area contributed by atoms with Gasteiger partial charge in [-0.25, -0.2) is 0 Å². The van der Waals surface area contributed by atoms with Gasteiger partial charge in [-0.1, -0.05) is 0 Å². The molecule has 0 saturated carbocycles. The molecule has 0 amide bonds. The van der Waals surface area contributed by atoms with Crippen molar-refractivity contribution >= 4 is 24.1 Å².